The first kappa shape index (κ1) is 17.9. The van der Waals surface area contributed by atoms with E-state index in [0.29, 0.717) is 24.7 Å². The van der Waals surface area contributed by atoms with Crippen LogP contribution in [0.3, 0.4) is 0 Å². The lowest BCUT2D eigenvalue weighted by Gasteiger charge is -2.62. The summed E-state index contributed by atoms with van der Waals surface area (Å²) in [5.41, 5.74) is -1.86. The first-order valence-electron chi connectivity index (χ1n) is 10.3. The van der Waals surface area contributed by atoms with Crippen molar-refractivity contribution in [2.24, 2.45) is 34.5 Å². The van der Waals surface area contributed by atoms with E-state index in [0.717, 1.165) is 18.8 Å². The predicted molar refractivity (Wildman–Crippen MR) is 94.8 cm³/mol. The molecular weight excluding hydrogens is 316 g/mol. The van der Waals surface area contributed by atoms with Gasteiger partial charge >= 0.3 is 0 Å². The molecule has 8 atom stereocenters. The lowest BCUT2D eigenvalue weighted by molar-refractivity contribution is -0.198. The summed E-state index contributed by atoms with van der Waals surface area (Å²) < 4.78 is 0. The molecule has 4 nitrogen and oxygen atoms in total. The topological polar surface area (TPSA) is 77.8 Å². The third kappa shape index (κ3) is 2.20. The summed E-state index contributed by atoms with van der Waals surface area (Å²) in [7, 11) is 0. The molecule has 4 fully saturated rings. The Morgan fingerprint density at radius 2 is 1.84 bits per heavy atom. The molecule has 4 rings (SSSR count). The number of aliphatic hydroxyl groups is 3. The SMILES string of the molecule is C[C@]12C[C@H](O)C3C(CC[C@@H]4CCCC[C@]34C)C1CC[C@]2(O)C(=O)CO. The van der Waals surface area contributed by atoms with Crippen molar-refractivity contribution in [3.05, 3.63) is 0 Å². The molecule has 0 amide bonds. The fourth-order valence-electron chi connectivity index (χ4n) is 8.01. The molecule has 0 bridgehead atoms. The zero-order chi connectivity index (χ0) is 18.0. The minimum absolute atomic E-state index is 0.212. The van der Waals surface area contributed by atoms with E-state index >= 15 is 0 Å². The van der Waals surface area contributed by atoms with Crippen LogP contribution >= 0.6 is 0 Å². The van der Waals surface area contributed by atoms with Crippen LogP contribution < -0.4 is 0 Å². The highest BCUT2D eigenvalue weighted by atomic mass is 16.3. The van der Waals surface area contributed by atoms with E-state index in [1.165, 1.54) is 32.1 Å². The number of carbonyl (C=O) groups is 1. The van der Waals surface area contributed by atoms with Crippen molar-refractivity contribution < 1.29 is 20.1 Å². The maximum atomic E-state index is 12.4. The highest BCUT2D eigenvalue weighted by Crippen LogP contribution is 2.68. The maximum absolute atomic E-state index is 12.4. The van der Waals surface area contributed by atoms with Crippen LogP contribution in [0.2, 0.25) is 0 Å². The van der Waals surface area contributed by atoms with Crippen molar-refractivity contribution in [1.29, 1.82) is 0 Å². The summed E-state index contributed by atoms with van der Waals surface area (Å²) in [6.07, 6.45) is 8.74. The molecule has 0 aliphatic heterocycles. The third-order valence-corrected chi connectivity index (χ3v) is 9.27. The zero-order valence-corrected chi connectivity index (χ0v) is 15.7. The monoisotopic (exact) mass is 350 g/mol. The van der Waals surface area contributed by atoms with Gasteiger partial charge in [0.25, 0.3) is 0 Å². The van der Waals surface area contributed by atoms with Gasteiger partial charge in [-0.2, -0.15) is 0 Å². The van der Waals surface area contributed by atoms with Crippen molar-refractivity contribution >= 4 is 5.78 Å². The fourth-order valence-corrected chi connectivity index (χ4v) is 8.01. The lowest BCUT2D eigenvalue weighted by Crippen LogP contribution is -2.62. The van der Waals surface area contributed by atoms with Gasteiger partial charge in [0.1, 0.15) is 12.2 Å². The Hall–Kier alpha value is -0.450. The van der Waals surface area contributed by atoms with Crippen LogP contribution in [0.15, 0.2) is 0 Å². The van der Waals surface area contributed by atoms with E-state index in [1.807, 2.05) is 6.92 Å². The van der Waals surface area contributed by atoms with Gasteiger partial charge in [-0.1, -0.05) is 26.7 Å². The molecule has 4 aliphatic rings. The molecule has 25 heavy (non-hydrogen) atoms. The average Bonchev–Trinajstić information content (AvgIpc) is 2.85. The molecule has 0 radical (unpaired) electrons. The maximum Gasteiger partial charge on any atom is 0.190 e. The summed E-state index contributed by atoms with van der Waals surface area (Å²) in [5.74, 6) is 1.24. The van der Waals surface area contributed by atoms with Crippen LogP contribution in [-0.4, -0.2) is 39.4 Å². The zero-order valence-electron chi connectivity index (χ0n) is 15.7. The van der Waals surface area contributed by atoms with Crippen LogP contribution in [-0.2, 0) is 4.79 Å². The molecule has 4 aliphatic carbocycles. The molecular formula is C21H34O4. The molecule has 0 spiro atoms. The molecule has 0 aromatic heterocycles. The molecule has 0 saturated heterocycles. The molecule has 4 saturated carbocycles. The van der Waals surface area contributed by atoms with Crippen LogP contribution in [0, 0.1) is 34.5 Å². The van der Waals surface area contributed by atoms with E-state index in [9.17, 15) is 20.1 Å². The third-order valence-electron chi connectivity index (χ3n) is 9.27. The summed E-state index contributed by atoms with van der Waals surface area (Å²) >= 11 is 0. The van der Waals surface area contributed by atoms with Crippen molar-refractivity contribution in [2.75, 3.05) is 6.61 Å². The second-order valence-electron chi connectivity index (χ2n) is 9.99. The Bertz CT molecular complexity index is 562. The largest absolute Gasteiger partial charge is 0.393 e. The molecule has 0 aromatic carbocycles. The number of hydrogen-bond donors (Lipinski definition) is 3. The van der Waals surface area contributed by atoms with E-state index < -0.39 is 29.5 Å². The Morgan fingerprint density at radius 1 is 1.08 bits per heavy atom. The Kier molecular flexibility index (Phi) is 4.14. The summed E-state index contributed by atoms with van der Waals surface area (Å²) in [4.78, 5) is 12.4. The first-order valence-corrected chi connectivity index (χ1v) is 10.3. The molecule has 0 heterocycles. The average molecular weight is 350 g/mol. The number of aliphatic hydroxyl groups excluding tert-OH is 2. The van der Waals surface area contributed by atoms with Gasteiger partial charge < -0.3 is 15.3 Å². The van der Waals surface area contributed by atoms with Crippen LogP contribution in [0.4, 0.5) is 0 Å². The van der Waals surface area contributed by atoms with Gasteiger partial charge in [-0.3, -0.25) is 4.79 Å². The van der Waals surface area contributed by atoms with Crippen LogP contribution in [0.5, 0.6) is 0 Å². The number of Topliss-reactive ketones (excluding diaryl/α,β-unsaturated/α-hetero) is 1. The summed E-state index contributed by atoms with van der Waals surface area (Å²) in [6.45, 7) is 3.79. The van der Waals surface area contributed by atoms with E-state index in [1.54, 1.807) is 0 Å². The van der Waals surface area contributed by atoms with Gasteiger partial charge in [0, 0.05) is 5.41 Å². The summed E-state index contributed by atoms with van der Waals surface area (Å²) in [6, 6.07) is 0. The van der Waals surface area contributed by atoms with Crippen molar-refractivity contribution in [1.82, 2.24) is 0 Å². The van der Waals surface area contributed by atoms with Crippen molar-refractivity contribution in [3.63, 3.8) is 0 Å². The number of carbonyl (C=O) groups excluding carboxylic acids is 1. The summed E-state index contributed by atoms with van der Waals surface area (Å²) in [5, 5.41) is 31.8. The second kappa shape index (κ2) is 5.77. The van der Waals surface area contributed by atoms with Gasteiger partial charge in [0.15, 0.2) is 5.78 Å². The second-order valence-corrected chi connectivity index (χ2v) is 9.99. The number of fused-ring (bicyclic) bond motifs is 5. The highest BCUT2D eigenvalue weighted by Gasteiger charge is 2.68. The smallest absolute Gasteiger partial charge is 0.190 e. The Balaban J connectivity index is 1.70. The van der Waals surface area contributed by atoms with Crippen molar-refractivity contribution in [3.8, 4) is 0 Å². The minimum Gasteiger partial charge on any atom is -0.393 e. The molecule has 4 heteroatoms. The highest BCUT2D eigenvalue weighted by molar-refractivity contribution is 5.89. The normalized spacial score (nSPS) is 55.2. The van der Waals surface area contributed by atoms with Gasteiger partial charge in [0.05, 0.1) is 6.10 Å². The number of rotatable bonds is 2. The fraction of sp³-hybridized carbons (Fsp3) is 0.952. The minimum atomic E-state index is -1.47. The Labute approximate surface area is 151 Å². The lowest BCUT2D eigenvalue weighted by atomic mass is 9.43. The van der Waals surface area contributed by atoms with Gasteiger partial charge in [-0.25, -0.2) is 0 Å². The number of hydrogen-bond acceptors (Lipinski definition) is 4. The standard InChI is InChI=1S/C21H34O4/c1-19-9-4-3-5-13(19)6-7-14-15-8-10-21(25,17(24)12-22)20(15,2)11-16(23)18(14)19/h13-16,18,22-23,25H,3-12H2,1-2H3/t13-,14?,15?,16-,18?,19-,20-,21-/m0/s1. The van der Waals surface area contributed by atoms with Gasteiger partial charge in [-0.15, -0.1) is 0 Å². The molecule has 0 aromatic rings. The first-order chi connectivity index (χ1) is 11.8. The quantitative estimate of drug-likeness (QED) is 0.715. The van der Waals surface area contributed by atoms with Gasteiger partial charge in [-0.05, 0) is 74.0 Å². The van der Waals surface area contributed by atoms with E-state index in [4.69, 9.17) is 0 Å². The molecule has 3 N–H and O–H groups in total. The molecule has 3 unspecified atom stereocenters. The van der Waals surface area contributed by atoms with E-state index in [2.05, 4.69) is 6.92 Å². The number of ketones is 1. The van der Waals surface area contributed by atoms with Crippen molar-refractivity contribution in [2.45, 2.75) is 83.3 Å². The molecule has 142 valence electrons. The Morgan fingerprint density at radius 3 is 2.56 bits per heavy atom. The van der Waals surface area contributed by atoms with Gasteiger partial charge in [0.2, 0.25) is 0 Å². The predicted octanol–water partition coefficient (Wildman–Crippen LogP) is 2.68. The van der Waals surface area contributed by atoms with Crippen LogP contribution in [0.1, 0.15) is 71.6 Å². The van der Waals surface area contributed by atoms with E-state index in [-0.39, 0.29) is 11.3 Å². The van der Waals surface area contributed by atoms with Crippen LogP contribution in [0.25, 0.3) is 0 Å².